The van der Waals surface area contributed by atoms with E-state index in [9.17, 15) is 9.59 Å². The molecule has 0 saturated carbocycles. The number of hydrogen-bond acceptors (Lipinski definition) is 10. The minimum absolute atomic E-state index is 0.0824. The van der Waals surface area contributed by atoms with Gasteiger partial charge in [0.25, 0.3) is 0 Å². The molecule has 0 aromatic carbocycles. The first-order valence-corrected chi connectivity index (χ1v) is 12.5. The van der Waals surface area contributed by atoms with Gasteiger partial charge in [-0.3, -0.25) is 19.1 Å². The van der Waals surface area contributed by atoms with Crippen molar-refractivity contribution in [3.63, 3.8) is 0 Å². The van der Waals surface area contributed by atoms with Gasteiger partial charge >= 0.3 is 5.97 Å². The van der Waals surface area contributed by atoms with Gasteiger partial charge < -0.3 is 14.8 Å². The van der Waals surface area contributed by atoms with E-state index >= 15 is 0 Å². The molecule has 0 bridgehead atoms. The van der Waals surface area contributed by atoms with Crippen LogP contribution >= 0.6 is 23.1 Å². The van der Waals surface area contributed by atoms with Crippen molar-refractivity contribution < 1.29 is 19.1 Å². The molecule has 1 unspecified atom stereocenters. The smallest absolute Gasteiger partial charge is 0.311 e. The number of carbonyl (C=O) groups is 2. The number of nitrogens with one attached hydrogen (secondary N) is 1. The number of pyridine rings is 1. The van der Waals surface area contributed by atoms with Gasteiger partial charge in [-0.1, -0.05) is 11.8 Å². The molecule has 4 heterocycles. The zero-order valence-corrected chi connectivity index (χ0v) is 19.7. The monoisotopic (exact) mass is 488 g/mol. The highest BCUT2D eigenvalue weighted by molar-refractivity contribution is 7.99. The van der Waals surface area contributed by atoms with E-state index in [1.807, 2.05) is 16.7 Å². The third-order valence-electron chi connectivity index (χ3n) is 4.83. The fourth-order valence-corrected chi connectivity index (χ4v) is 4.83. The molecule has 1 atom stereocenters. The molecular weight excluding hydrogens is 464 g/mol. The van der Waals surface area contributed by atoms with E-state index in [4.69, 9.17) is 9.47 Å². The maximum atomic E-state index is 12.5. The van der Waals surface area contributed by atoms with Crippen molar-refractivity contribution in [2.75, 3.05) is 24.3 Å². The Hall–Kier alpha value is -2.83. The Balaban J connectivity index is 1.39. The Morgan fingerprint density at radius 2 is 2.18 bits per heavy atom. The van der Waals surface area contributed by atoms with Crippen molar-refractivity contribution in [1.82, 2.24) is 24.7 Å². The average molecular weight is 489 g/mol. The van der Waals surface area contributed by atoms with Gasteiger partial charge in [-0.05, 0) is 31.9 Å². The van der Waals surface area contributed by atoms with Crippen molar-refractivity contribution in [1.29, 1.82) is 0 Å². The topological polar surface area (TPSA) is 121 Å². The number of anilines is 1. The van der Waals surface area contributed by atoms with E-state index in [0.29, 0.717) is 29.1 Å². The van der Waals surface area contributed by atoms with Gasteiger partial charge in [0.15, 0.2) is 16.1 Å². The van der Waals surface area contributed by atoms with Gasteiger partial charge in [0.05, 0.1) is 37.1 Å². The fourth-order valence-electron chi connectivity index (χ4n) is 3.36. The van der Waals surface area contributed by atoms with Crippen LogP contribution < -0.4 is 5.32 Å². The summed E-state index contributed by atoms with van der Waals surface area (Å²) < 4.78 is 12.7. The second-order valence-electron chi connectivity index (χ2n) is 7.25. The Kier molecular flexibility index (Phi) is 8.02. The van der Waals surface area contributed by atoms with E-state index in [-0.39, 0.29) is 30.2 Å². The second-order valence-corrected chi connectivity index (χ2v) is 9.05. The SMILES string of the molecule is CCOC(=O)Cc1csc(NC(=O)CSc2nnc(-c3ccncc3)n2CC2CCCO2)n1. The Morgan fingerprint density at radius 1 is 1.33 bits per heavy atom. The Morgan fingerprint density at radius 3 is 2.94 bits per heavy atom. The lowest BCUT2D eigenvalue weighted by atomic mass is 10.2. The molecule has 0 radical (unpaired) electrons. The molecule has 1 fully saturated rings. The molecule has 3 aromatic heterocycles. The van der Waals surface area contributed by atoms with Gasteiger partial charge in [-0.15, -0.1) is 21.5 Å². The van der Waals surface area contributed by atoms with Crippen LogP contribution in [-0.2, 0) is 32.0 Å². The maximum Gasteiger partial charge on any atom is 0.311 e. The molecule has 1 aliphatic rings. The molecule has 4 rings (SSSR count). The van der Waals surface area contributed by atoms with Crippen molar-refractivity contribution in [2.45, 2.75) is 44.0 Å². The quantitative estimate of drug-likeness (QED) is 0.339. The molecule has 12 heteroatoms. The normalized spacial score (nSPS) is 15.5. The molecule has 0 aliphatic carbocycles. The number of nitrogens with zero attached hydrogens (tertiary/aromatic N) is 5. The number of aromatic nitrogens is 5. The van der Waals surface area contributed by atoms with Crippen molar-refractivity contribution >= 4 is 40.1 Å². The molecule has 1 N–H and O–H groups in total. The molecule has 1 aliphatic heterocycles. The van der Waals surface area contributed by atoms with E-state index in [0.717, 1.165) is 30.8 Å². The molecule has 174 valence electrons. The third-order valence-corrected chi connectivity index (χ3v) is 6.60. The highest BCUT2D eigenvalue weighted by Crippen LogP contribution is 2.26. The average Bonchev–Trinajstić information content (AvgIpc) is 3.56. The minimum atomic E-state index is -0.341. The fraction of sp³-hybridized carbons (Fsp3) is 0.429. The number of ether oxygens (including phenoxy) is 2. The van der Waals surface area contributed by atoms with Gasteiger partial charge in [0.1, 0.15) is 0 Å². The lowest BCUT2D eigenvalue weighted by molar-refractivity contribution is -0.142. The summed E-state index contributed by atoms with van der Waals surface area (Å²) in [6, 6.07) is 3.76. The second kappa shape index (κ2) is 11.3. The van der Waals surface area contributed by atoms with Crippen LogP contribution in [0.1, 0.15) is 25.5 Å². The predicted molar refractivity (Wildman–Crippen MR) is 124 cm³/mol. The standard InChI is InChI=1S/C21H24N6O4S2/c1-2-30-18(29)10-15-12-32-20(23-15)24-17(28)13-33-21-26-25-19(14-5-7-22-8-6-14)27(21)11-16-4-3-9-31-16/h5-8,12,16H,2-4,9-11,13H2,1H3,(H,23,24,28). The number of esters is 1. The van der Waals surface area contributed by atoms with Crippen molar-refractivity contribution in [3.05, 3.63) is 35.6 Å². The van der Waals surface area contributed by atoms with Gasteiger partial charge in [0.2, 0.25) is 5.91 Å². The van der Waals surface area contributed by atoms with Crippen LogP contribution in [0.3, 0.4) is 0 Å². The highest BCUT2D eigenvalue weighted by Gasteiger charge is 2.22. The first-order chi connectivity index (χ1) is 16.1. The summed E-state index contributed by atoms with van der Waals surface area (Å²) in [5.41, 5.74) is 1.48. The van der Waals surface area contributed by atoms with Crippen LogP contribution in [0.2, 0.25) is 0 Å². The van der Waals surface area contributed by atoms with Gasteiger partial charge in [-0.25, -0.2) is 4.98 Å². The summed E-state index contributed by atoms with van der Waals surface area (Å²) in [5.74, 6) is 0.313. The number of carbonyl (C=O) groups excluding carboxylic acids is 2. The van der Waals surface area contributed by atoms with Crippen LogP contribution in [0, 0.1) is 0 Å². The van der Waals surface area contributed by atoms with E-state index in [1.165, 1.54) is 23.1 Å². The Labute approximate surface area is 199 Å². The summed E-state index contributed by atoms with van der Waals surface area (Å²) in [7, 11) is 0. The van der Waals surface area contributed by atoms with E-state index in [1.54, 1.807) is 24.7 Å². The molecular formula is C21H24N6O4S2. The van der Waals surface area contributed by atoms with E-state index < -0.39 is 0 Å². The van der Waals surface area contributed by atoms with Gasteiger partial charge in [0, 0.05) is 29.9 Å². The first kappa shape index (κ1) is 23.3. The third kappa shape index (κ3) is 6.36. The first-order valence-electron chi connectivity index (χ1n) is 10.6. The lowest BCUT2D eigenvalue weighted by Crippen LogP contribution is -2.18. The molecule has 10 nitrogen and oxygen atoms in total. The van der Waals surface area contributed by atoms with Crippen LogP contribution in [-0.4, -0.2) is 61.7 Å². The minimum Gasteiger partial charge on any atom is -0.466 e. The summed E-state index contributed by atoms with van der Waals surface area (Å²) >= 11 is 2.58. The predicted octanol–water partition coefficient (Wildman–Crippen LogP) is 2.81. The highest BCUT2D eigenvalue weighted by atomic mass is 32.2. The lowest BCUT2D eigenvalue weighted by Gasteiger charge is -2.14. The van der Waals surface area contributed by atoms with Crippen molar-refractivity contribution in [3.8, 4) is 11.4 Å². The number of rotatable bonds is 10. The zero-order chi connectivity index (χ0) is 23.0. The van der Waals surface area contributed by atoms with Crippen LogP contribution in [0.4, 0.5) is 5.13 Å². The zero-order valence-electron chi connectivity index (χ0n) is 18.1. The van der Waals surface area contributed by atoms with Crippen LogP contribution in [0.25, 0.3) is 11.4 Å². The van der Waals surface area contributed by atoms with Crippen molar-refractivity contribution in [2.24, 2.45) is 0 Å². The van der Waals surface area contributed by atoms with Crippen LogP contribution in [0.5, 0.6) is 0 Å². The number of thioether (sulfide) groups is 1. The summed E-state index contributed by atoms with van der Waals surface area (Å²) in [6.07, 6.45) is 5.63. The van der Waals surface area contributed by atoms with Gasteiger partial charge in [-0.2, -0.15) is 0 Å². The number of hydrogen-bond donors (Lipinski definition) is 1. The largest absolute Gasteiger partial charge is 0.466 e. The number of thiazole rings is 1. The Bertz CT molecular complexity index is 1080. The summed E-state index contributed by atoms with van der Waals surface area (Å²) in [4.78, 5) is 32.4. The maximum absolute atomic E-state index is 12.5. The number of amides is 1. The molecule has 3 aromatic rings. The molecule has 1 saturated heterocycles. The summed E-state index contributed by atoms with van der Waals surface area (Å²) in [5, 5.41) is 14.3. The molecule has 1 amide bonds. The van der Waals surface area contributed by atoms with E-state index in [2.05, 4.69) is 25.5 Å². The molecule has 0 spiro atoms. The molecule has 33 heavy (non-hydrogen) atoms. The van der Waals surface area contributed by atoms with Crippen LogP contribution in [0.15, 0.2) is 35.1 Å². The summed E-state index contributed by atoms with van der Waals surface area (Å²) in [6.45, 7) is 3.46.